The number of hydrogen-bond acceptors (Lipinski definition) is 2. The predicted octanol–water partition coefficient (Wildman–Crippen LogP) is 1.47. The summed E-state index contributed by atoms with van der Waals surface area (Å²) in [6.45, 7) is 1.89. The molecule has 0 saturated carbocycles. The van der Waals surface area contributed by atoms with Crippen LogP contribution in [0.25, 0.3) is 10.9 Å². The van der Waals surface area contributed by atoms with Gasteiger partial charge in [-0.25, -0.2) is 10.6 Å². The lowest BCUT2D eigenvalue weighted by molar-refractivity contribution is 0.252. The second kappa shape index (κ2) is 3.62. The summed E-state index contributed by atoms with van der Waals surface area (Å²) in [5.41, 5.74) is 4.68. The van der Waals surface area contributed by atoms with Gasteiger partial charge >= 0.3 is 6.03 Å². The highest BCUT2D eigenvalue weighted by molar-refractivity contribution is 6.02. The zero-order valence-corrected chi connectivity index (χ0v) is 8.29. The number of rotatable bonds is 1. The van der Waals surface area contributed by atoms with E-state index >= 15 is 0 Å². The maximum atomic E-state index is 11.1. The zero-order chi connectivity index (χ0) is 10.8. The molecule has 2 rings (SSSR count). The van der Waals surface area contributed by atoms with E-state index in [0.717, 1.165) is 22.3 Å². The first-order chi connectivity index (χ1) is 7.22. The van der Waals surface area contributed by atoms with Crippen LogP contribution in [0.4, 0.5) is 10.5 Å². The summed E-state index contributed by atoms with van der Waals surface area (Å²) in [6.07, 6.45) is 0. The largest absolute Gasteiger partial charge is 0.357 e. The highest BCUT2D eigenvalue weighted by Gasteiger charge is 2.09. The Balaban J connectivity index is 2.49. The first-order valence-corrected chi connectivity index (χ1v) is 4.57. The van der Waals surface area contributed by atoms with Crippen LogP contribution in [0.2, 0.25) is 0 Å². The number of carbonyl (C=O) groups is 1. The molecule has 1 aromatic heterocycles. The van der Waals surface area contributed by atoms with E-state index in [-0.39, 0.29) is 0 Å². The van der Waals surface area contributed by atoms with E-state index < -0.39 is 6.03 Å². The molecule has 0 spiro atoms. The van der Waals surface area contributed by atoms with Crippen LogP contribution in [0.15, 0.2) is 24.3 Å². The van der Waals surface area contributed by atoms with Crippen molar-refractivity contribution in [1.29, 1.82) is 0 Å². The van der Waals surface area contributed by atoms with E-state index in [1.54, 1.807) is 0 Å². The molecule has 0 unspecified atom stereocenters. The van der Waals surface area contributed by atoms with Crippen molar-refractivity contribution in [2.75, 3.05) is 5.32 Å². The average Bonchev–Trinajstić information content (AvgIpc) is 2.55. The molecular weight excluding hydrogens is 192 g/mol. The lowest BCUT2D eigenvalue weighted by Crippen LogP contribution is -2.34. The van der Waals surface area contributed by atoms with E-state index in [0.29, 0.717) is 0 Å². The summed E-state index contributed by atoms with van der Waals surface area (Å²) >= 11 is 0. The van der Waals surface area contributed by atoms with Crippen molar-refractivity contribution in [1.82, 2.24) is 10.4 Å². The van der Waals surface area contributed by atoms with Crippen LogP contribution < -0.4 is 16.6 Å². The number of amides is 2. The third kappa shape index (κ3) is 1.64. The molecule has 0 fully saturated rings. The number of benzene rings is 1. The number of urea groups is 1. The highest BCUT2D eigenvalue weighted by atomic mass is 16.2. The Morgan fingerprint density at radius 2 is 2.13 bits per heavy atom. The van der Waals surface area contributed by atoms with Gasteiger partial charge in [-0.1, -0.05) is 18.2 Å². The van der Waals surface area contributed by atoms with Gasteiger partial charge in [0.15, 0.2) is 0 Å². The number of aryl methyl sites for hydroxylation is 1. The molecule has 0 aliphatic heterocycles. The van der Waals surface area contributed by atoms with Crippen LogP contribution in [0.3, 0.4) is 0 Å². The maximum Gasteiger partial charge on any atom is 0.333 e. The number of nitrogens with two attached hydrogens (primary N) is 1. The molecule has 5 N–H and O–H groups in total. The number of aromatic amines is 1. The van der Waals surface area contributed by atoms with Crippen LogP contribution in [-0.4, -0.2) is 11.0 Å². The van der Waals surface area contributed by atoms with Gasteiger partial charge in [-0.3, -0.25) is 5.43 Å². The number of para-hydroxylation sites is 1. The van der Waals surface area contributed by atoms with E-state index in [9.17, 15) is 4.79 Å². The number of anilines is 1. The smallest absolute Gasteiger partial charge is 0.333 e. The third-order valence-corrected chi connectivity index (χ3v) is 2.26. The number of nitrogens with one attached hydrogen (secondary N) is 3. The first-order valence-electron chi connectivity index (χ1n) is 4.57. The fourth-order valence-electron chi connectivity index (χ4n) is 1.59. The Morgan fingerprint density at radius 3 is 2.87 bits per heavy atom. The molecule has 0 atom stereocenters. The maximum absolute atomic E-state index is 11.1. The van der Waals surface area contributed by atoms with Gasteiger partial charge in [-0.15, -0.1) is 0 Å². The molecular formula is C10H12N4O. The molecule has 2 aromatic rings. The van der Waals surface area contributed by atoms with Crippen molar-refractivity contribution in [3.05, 3.63) is 30.0 Å². The second-order valence-corrected chi connectivity index (χ2v) is 3.27. The van der Waals surface area contributed by atoms with Gasteiger partial charge in [-0.2, -0.15) is 0 Å². The molecule has 0 bridgehead atoms. The molecule has 0 aliphatic carbocycles. The van der Waals surface area contributed by atoms with E-state index in [2.05, 4.69) is 10.3 Å². The van der Waals surface area contributed by atoms with Crippen LogP contribution in [0.1, 0.15) is 5.69 Å². The number of hydrogen-bond donors (Lipinski definition) is 4. The summed E-state index contributed by atoms with van der Waals surface area (Å²) in [6, 6.07) is 7.31. The van der Waals surface area contributed by atoms with Crippen molar-refractivity contribution in [2.45, 2.75) is 6.92 Å². The van der Waals surface area contributed by atoms with Crippen molar-refractivity contribution in [3.8, 4) is 0 Å². The Labute approximate surface area is 86.6 Å². The Morgan fingerprint density at radius 1 is 1.40 bits per heavy atom. The zero-order valence-electron chi connectivity index (χ0n) is 8.29. The Bertz CT molecular complexity index is 503. The summed E-state index contributed by atoms with van der Waals surface area (Å²) in [4.78, 5) is 14.3. The van der Waals surface area contributed by atoms with Crippen LogP contribution in [0, 0.1) is 6.92 Å². The van der Waals surface area contributed by atoms with E-state index in [4.69, 9.17) is 5.84 Å². The van der Waals surface area contributed by atoms with Crippen LogP contribution in [-0.2, 0) is 0 Å². The van der Waals surface area contributed by atoms with Crippen LogP contribution in [0.5, 0.6) is 0 Å². The minimum absolute atomic E-state index is 0.428. The number of hydrazine groups is 1. The molecule has 78 valence electrons. The summed E-state index contributed by atoms with van der Waals surface area (Å²) in [7, 11) is 0. The molecule has 1 aromatic carbocycles. The number of fused-ring (bicyclic) bond motifs is 1. The Hall–Kier alpha value is -2.01. The molecule has 0 aliphatic rings. The lowest BCUT2D eigenvalue weighted by Gasteiger charge is -2.03. The Kier molecular flexibility index (Phi) is 2.31. The standard InChI is InChI=1S/C10H12N4O/c1-6-9(13-10(15)14-11)7-4-2-3-5-8(7)12-6/h2-5,12H,11H2,1H3,(H2,13,14,15). The molecule has 5 nitrogen and oxygen atoms in total. The first kappa shape index (κ1) is 9.54. The third-order valence-electron chi connectivity index (χ3n) is 2.26. The monoisotopic (exact) mass is 204 g/mol. The molecule has 2 amide bonds. The molecule has 0 radical (unpaired) electrons. The number of carbonyl (C=O) groups excluding carboxylic acids is 1. The fourth-order valence-corrected chi connectivity index (χ4v) is 1.59. The van der Waals surface area contributed by atoms with Gasteiger partial charge in [0.25, 0.3) is 0 Å². The molecule has 0 saturated heterocycles. The quantitative estimate of drug-likeness (QED) is 0.322. The lowest BCUT2D eigenvalue weighted by atomic mass is 10.2. The number of aromatic nitrogens is 1. The minimum Gasteiger partial charge on any atom is -0.357 e. The van der Waals surface area contributed by atoms with Gasteiger partial charge in [0, 0.05) is 16.6 Å². The average molecular weight is 204 g/mol. The second-order valence-electron chi connectivity index (χ2n) is 3.27. The normalized spacial score (nSPS) is 10.3. The van der Waals surface area contributed by atoms with E-state index in [1.165, 1.54) is 0 Å². The van der Waals surface area contributed by atoms with Crippen molar-refractivity contribution in [2.24, 2.45) is 5.84 Å². The van der Waals surface area contributed by atoms with Gasteiger partial charge in [0.1, 0.15) is 0 Å². The van der Waals surface area contributed by atoms with Gasteiger partial charge in [0.05, 0.1) is 5.69 Å². The van der Waals surface area contributed by atoms with E-state index in [1.807, 2.05) is 36.6 Å². The van der Waals surface area contributed by atoms with Gasteiger partial charge in [-0.05, 0) is 13.0 Å². The summed E-state index contributed by atoms with van der Waals surface area (Å²) < 4.78 is 0. The number of H-pyrrole nitrogens is 1. The topological polar surface area (TPSA) is 82.9 Å². The van der Waals surface area contributed by atoms with Crippen molar-refractivity contribution in [3.63, 3.8) is 0 Å². The molecule has 1 heterocycles. The fraction of sp³-hybridized carbons (Fsp3) is 0.100. The molecule has 5 heteroatoms. The minimum atomic E-state index is -0.428. The van der Waals surface area contributed by atoms with Crippen LogP contribution >= 0.6 is 0 Å². The van der Waals surface area contributed by atoms with Gasteiger partial charge < -0.3 is 10.3 Å². The van der Waals surface area contributed by atoms with Crippen molar-refractivity contribution < 1.29 is 4.79 Å². The predicted molar refractivity (Wildman–Crippen MR) is 59.4 cm³/mol. The molecule has 15 heavy (non-hydrogen) atoms. The SMILES string of the molecule is Cc1[nH]c2ccccc2c1NC(=O)NN. The van der Waals surface area contributed by atoms with Gasteiger partial charge in [0.2, 0.25) is 0 Å². The highest BCUT2D eigenvalue weighted by Crippen LogP contribution is 2.26. The summed E-state index contributed by atoms with van der Waals surface area (Å²) in [5, 5.41) is 3.65. The van der Waals surface area contributed by atoms with Crippen molar-refractivity contribution >= 4 is 22.6 Å². The summed E-state index contributed by atoms with van der Waals surface area (Å²) in [5.74, 6) is 5.01.